The topological polar surface area (TPSA) is 57.8 Å². The lowest BCUT2D eigenvalue weighted by atomic mass is 10.1. The van der Waals surface area contributed by atoms with E-state index in [1.54, 1.807) is 0 Å². The van der Waals surface area contributed by atoms with E-state index in [9.17, 15) is 4.79 Å². The number of H-pyrrole nitrogens is 1. The summed E-state index contributed by atoms with van der Waals surface area (Å²) in [4.78, 5) is 18.8. The zero-order valence-corrected chi connectivity index (χ0v) is 10.2. The summed E-state index contributed by atoms with van der Waals surface area (Å²) in [5, 5.41) is 2.86. The molecular weight excluding hydrogens is 214 g/mol. The molecule has 0 radical (unpaired) electrons. The van der Waals surface area contributed by atoms with Gasteiger partial charge < -0.3 is 10.3 Å². The largest absolute Gasteiger partial charge is 0.348 e. The fourth-order valence-corrected chi connectivity index (χ4v) is 1.72. The zero-order chi connectivity index (χ0) is 12.4. The number of amides is 1. The molecule has 0 bridgehead atoms. The zero-order valence-electron chi connectivity index (χ0n) is 10.2. The molecule has 1 amide bonds. The average molecular weight is 229 g/mol. The molecule has 0 aliphatic rings. The first-order valence-electron chi connectivity index (χ1n) is 5.46. The van der Waals surface area contributed by atoms with Gasteiger partial charge in [0.25, 0.3) is 5.91 Å². The lowest BCUT2D eigenvalue weighted by Crippen LogP contribution is -2.14. The fraction of sp³-hybridized carbons (Fsp3) is 0.231. The van der Waals surface area contributed by atoms with Crippen molar-refractivity contribution >= 4 is 11.6 Å². The number of hydrogen-bond donors (Lipinski definition) is 2. The summed E-state index contributed by atoms with van der Waals surface area (Å²) in [6.45, 7) is 5.82. The maximum absolute atomic E-state index is 11.9. The summed E-state index contributed by atoms with van der Waals surface area (Å²) >= 11 is 0. The monoisotopic (exact) mass is 229 g/mol. The number of carbonyl (C=O) groups excluding carboxylic acids is 1. The Morgan fingerprint density at radius 2 is 2.06 bits per heavy atom. The minimum Gasteiger partial charge on any atom is -0.348 e. The van der Waals surface area contributed by atoms with Gasteiger partial charge in [0.1, 0.15) is 5.69 Å². The van der Waals surface area contributed by atoms with Crippen LogP contribution in [0, 0.1) is 20.8 Å². The Morgan fingerprint density at radius 3 is 2.65 bits per heavy atom. The molecular formula is C13H15N3O. The minimum absolute atomic E-state index is 0.185. The summed E-state index contributed by atoms with van der Waals surface area (Å²) in [7, 11) is 0. The summed E-state index contributed by atoms with van der Waals surface area (Å²) in [6, 6.07) is 5.91. The molecule has 0 atom stereocenters. The van der Waals surface area contributed by atoms with Gasteiger partial charge in [-0.3, -0.25) is 4.79 Å². The third-order valence-corrected chi connectivity index (χ3v) is 2.68. The number of aromatic nitrogens is 2. The van der Waals surface area contributed by atoms with E-state index in [4.69, 9.17) is 0 Å². The second kappa shape index (κ2) is 4.41. The van der Waals surface area contributed by atoms with Gasteiger partial charge in [-0.05, 0) is 32.4 Å². The first-order valence-corrected chi connectivity index (χ1v) is 5.46. The lowest BCUT2D eigenvalue weighted by Gasteiger charge is -2.08. The van der Waals surface area contributed by atoms with Crippen molar-refractivity contribution in [1.82, 2.24) is 9.97 Å². The predicted molar refractivity (Wildman–Crippen MR) is 67.2 cm³/mol. The number of nitrogens with one attached hydrogen (secondary N) is 2. The first-order chi connectivity index (χ1) is 8.08. The summed E-state index contributed by atoms with van der Waals surface area (Å²) < 4.78 is 0. The highest BCUT2D eigenvalue weighted by atomic mass is 16.1. The van der Waals surface area contributed by atoms with Gasteiger partial charge in [0.05, 0.1) is 6.33 Å². The van der Waals surface area contributed by atoms with Gasteiger partial charge in [-0.25, -0.2) is 4.98 Å². The number of hydrogen-bond acceptors (Lipinski definition) is 2. The summed E-state index contributed by atoms with van der Waals surface area (Å²) in [5.41, 5.74) is 4.25. The molecule has 1 aromatic heterocycles. The molecule has 0 fully saturated rings. The quantitative estimate of drug-likeness (QED) is 0.831. The van der Waals surface area contributed by atoms with Crippen molar-refractivity contribution in [3.8, 4) is 0 Å². The van der Waals surface area contributed by atoms with Crippen molar-refractivity contribution in [2.45, 2.75) is 20.8 Å². The Labute approximate surface area is 100 Å². The van der Waals surface area contributed by atoms with Gasteiger partial charge in [-0.2, -0.15) is 0 Å². The number of aromatic amines is 1. The SMILES string of the molecule is Cc1ccc(NC(=O)c2nc[nH]c2C)c(C)c1. The molecule has 0 saturated heterocycles. The van der Waals surface area contributed by atoms with Crippen LogP contribution in [0.25, 0.3) is 0 Å². The predicted octanol–water partition coefficient (Wildman–Crippen LogP) is 2.59. The molecule has 4 nitrogen and oxygen atoms in total. The molecule has 2 rings (SSSR count). The normalized spacial score (nSPS) is 10.3. The van der Waals surface area contributed by atoms with Crippen molar-refractivity contribution in [3.63, 3.8) is 0 Å². The smallest absolute Gasteiger partial charge is 0.276 e. The molecule has 0 unspecified atom stereocenters. The average Bonchev–Trinajstić information content (AvgIpc) is 2.68. The Kier molecular flexibility index (Phi) is 2.95. The van der Waals surface area contributed by atoms with Gasteiger partial charge in [-0.1, -0.05) is 17.7 Å². The highest BCUT2D eigenvalue weighted by Gasteiger charge is 2.12. The highest BCUT2D eigenvalue weighted by molar-refractivity contribution is 6.03. The molecule has 0 aliphatic carbocycles. The van der Waals surface area contributed by atoms with Gasteiger partial charge in [0.15, 0.2) is 0 Å². The van der Waals surface area contributed by atoms with Gasteiger partial charge in [-0.15, -0.1) is 0 Å². The van der Waals surface area contributed by atoms with E-state index in [2.05, 4.69) is 15.3 Å². The number of carbonyl (C=O) groups is 1. The van der Waals surface area contributed by atoms with Crippen LogP contribution in [0.2, 0.25) is 0 Å². The molecule has 0 spiro atoms. The number of aryl methyl sites for hydroxylation is 3. The van der Waals surface area contributed by atoms with Crippen LogP contribution < -0.4 is 5.32 Å². The summed E-state index contributed by atoms with van der Waals surface area (Å²) in [5.74, 6) is -0.185. The molecule has 4 heteroatoms. The summed E-state index contributed by atoms with van der Waals surface area (Å²) in [6.07, 6.45) is 1.52. The molecule has 1 aromatic carbocycles. The van der Waals surface area contributed by atoms with Crippen LogP contribution in [0.5, 0.6) is 0 Å². The van der Waals surface area contributed by atoms with Crippen LogP contribution in [0.3, 0.4) is 0 Å². The number of benzene rings is 1. The van der Waals surface area contributed by atoms with Crippen molar-refractivity contribution in [2.24, 2.45) is 0 Å². The second-order valence-electron chi connectivity index (χ2n) is 4.15. The highest BCUT2D eigenvalue weighted by Crippen LogP contribution is 2.17. The van der Waals surface area contributed by atoms with E-state index in [0.29, 0.717) is 5.69 Å². The number of anilines is 1. The number of imidazole rings is 1. The van der Waals surface area contributed by atoms with Crippen LogP contribution in [-0.2, 0) is 0 Å². The number of nitrogens with zero attached hydrogens (tertiary/aromatic N) is 1. The maximum Gasteiger partial charge on any atom is 0.276 e. The van der Waals surface area contributed by atoms with E-state index in [1.165, 1.54) is 11.9 Å². The first kappa shape index (κ1) is 11.4. The van der Waals surface area contributed by atoms with Crippen LogP contribution in [-0.4, -0.2) is 15.9 Å². The molecule has 17 heavy (non-hydrogen) atoms. The fourth-order valence-electron chi connectivity index (χ4n) is 1.72. The van der Waals surface area contributed by atoms with E-state index in [0.717, 1.165) is 16.9 Å². The van der Waals surface area contributed by atoms with Gasteiger partial charge >= 0.3 is 0 Å². The Hall–Kier alpha value is -2.10. The molecule has 2 N–H and O–H groups in total. The molecule has 88 valence electrons. The van der Waals surface area contributed by atoms with Gasteiger partial charge in [0.2, 0.25) is 0 Å². The van der Waals surface area contributed by atoms with Crippen LogP contribution >= 0.6 is 0 Å². The second-order valence-corrected chi connectivity index (χ2v) is 4.15. The Balaban J connectivity index is 2.22. The van der Waals surface area contributed by atoms with Crippen molar-refractivity contribution in [2.75, 3.05) is 5.32 Å². The Morgan fingerprint density at radius 1 is 1.29 bits per heavy atom. The maximum atomic E-state index is 11.9. The van der Waals surface area contributed by atoms with E-state index in [-0.39, 0.29) is 5.91 Å². The van der Waals surface area contributed by atoms with Crippen molar-refractivity contribution < 1.29 is 4.79 Å². The van der Waals surface area contributed by atoms with Crippen LogP contribution in [0.15, 0.2) is 24.5 Å². The molecule has 0 saturated carbocycles. The Bertz CT molecular complexity index is 558. The third-order valence-electron chi connectivity index (χ3n) is 2.68. The molecule has 2 aromatic rings. The van der Waals surface area contributed by atoms with Crippen molar-refractivity contribution in [3.05, 3.63) is 47.0 Å². The van der Waals surface area contributed by atoms with Crippen LogP contribution in [0.4, 0.5) is 5.69 Å². The standard InChI is InChI=1S/C13H15N3O/c1-8-4-5-11(9(2)6-8)16-13(17)12-10(3)14-7-15-12/h4-7H,1-3H3,(H,14,15)(H,16,17). The van der Waals surface area contributed by atoms with Gasteiger partial charge in [0, 0.05) is 11.4 Å². The number of rotatable bonds is 2. The van der Waals surface area contributed by atoms with Crippen LogP contribution in [0.1, 0.15) is 27.3 Å². The van der Waals surface area contributed by atoms with E-state index < -0.39 is 0 Å². The van der Waals surface area contributed by atoms with E-state index >= 15 is 0 Å². The third kappa shape index (κ3) is 2.36. The van der Waals surface area contributed by atoms with Crippen molar-refractivity contribution in [1.29, 1.82) is 0 Å². The van der Waals surface area contributed by atoms with E-state index in [1.807, 2.05) is 39.0 Å². The molecule has 1 heterocycles. The minimum atomic E-state index is -0.185. The lowest BCUT2D eigenvalue weighted by molar-refractivity contribution is 0.102. The molecule has 0 aliphatic heterocycles.